The molecule has 1 N–H and O–H groups in total. The van der Waals surface area contributed by atoms with Crippen molar-refractivity contribution in [1.82, 2.24) is 5.32 Å². The molecule has 3 rings (SSSR count). The largest absolute Gasteiger partial charge is 0.369 e. The van der Waals surface area contributed by atoms with Crippen molar-refractivity contribution in [3.63, 3.8) is 0 Å². The van der Waals surface area contributed by atoms with E-state index in [2.05, 4.69) is 25.2 Å². The molecule has 0 bridgehead atoms. The van der Waals surface area contributed by atoms with Crippen LogP contribution in [0.15, 0.2) is 12.1 Å². The first kappa shape index (κ1) is 11.5. The molecule has 2 atom stereocenters. The van der Waals surface area contributed by atoms with Gasteiger partial charge in [-0.1, -0.05) is 24.6 Å². The quantitative estimate of drug-likeness (QED) is 0.829. The fourth-order valence-corrected chi connectivity index (χ4v) is 3.39. The second-order valence-electron chi connectivity index (χ2n) is 5.24. The molecule has 92 valence electrons. The maximum atomic E-state index is 6.31. The highest BCUT2D eigenvalue weighted by Crippen LogP contribution is 2.44. The summed E-state index contributed by atoms with van der Waals surface area (Å²) in [6.45, 7) is 7.00. The van der Waals surface area contributed by atoms with Gasteiger partial charge in [0.2, 0.25) is 0 Å². The van der Waals surface area contributed by atoms with E-state index in [0.29, 0.717) is 12.5 Å². The van der Waals surface area contributed by atoms with Crippen molar-refractivity contribution in [1.29, 1.82) is 0 Å². The van der Waals surface area contributed by atoms with Crippen molar-refractivity contribution in [2.24, 2.45) is 0 Å². The van der Waals surface area contributed by atoms with Crippen LogP contribution in [-0.2, 0) is 17.8 Å². The van der Waals surface area contributed by atoms with Crippen LogP contribution in [0, 0.1) is 0 Å². The van der Waals surface area contributed by atoms with E-state index in [0.717, 1.165) is 24.5 Å². The van der Waals surface area contributed by atoms with Crippen molar-refractivity contribution >= 4 is 11.6 Å². The van der Waals surface area contributed by atoms with Gasteiger partial charge in [0, 0.05) is 29.6 Å². The Bertz CT molecular complexity index is 460. The van der Waals surface area contributed by atoms with Crippen molar-refractivity contribution in [2.45, 2.75) is 38.4 Å². The molecular weight excluding hydrogens is 234 g/mol. The van der Waals surface area contributed by atoms with Gasteiger partial charge in [0.1, 0.15) is 0 Å². The van der Waals surface area contributed by atoms with Gasteiger partial charge in [0.15, 0.2) is 0 Å². The van der Waals surface area contributed by atoms with Crippen LogP contribution in [0.25, 0.3) is 0 Å². The molecule has 0 spiro atoms. The predicted molar refractivity (Wildman–Crippen MR) is 69.6 cm³/mol. The second-order valence-corrected chi connectivity index (χ2v) is 5.64. The van der Waals surface area contributed by atoms with Crippen LogP contribution in [0.3, 0.4) is 0 Å². The average Bonchev–Trinajstić information content (AvgIpc) is 2.71. The van der Waals surface area contributed by atoms with Crippen molar-refractivity contribution in [2.75, 3.05) is 13.1 Å². The van der Waals surface area contributed by atoms with Crippen LogP contribution < -0.4 is 5.32 Å². The van der Waals surface area contributed by atoms with Gasteiger partial charge in [-0.15, -0.1) is 0 Å². The maximum absolute atomic E-state index is 6.31. The van der Waals surface area contributed by atoms with Gasteiger partial charge in [0.05, 0.1) is 12.2 Å². The predicted octanol–water partition coefficient (Wildman–Crippen LogP) is 2.88. The lowest BCUT2D eigenvalue weighted by Gasteiger charge is -2.38. The SMILES string of the molecule is CCc1ccc(Cl)c2c1[C@H]1CNC[C@@]1(C)OC2. The average molecular weight is 252 g/mol. The molecular formula is C14H18ClNO. The molecule has 0 unspecified atom stereocenters. The van der Waals surface area contributed by atoms with Crippen molar-refractivity contribution in [3.8, 4) is 0 Å². The van der Waals surface area contributed by atoms with Crippen LogP contribution >= 0.6 is 11.6 Å². The fourth-order valence-electron chi connectivity index (χ4n) is 3.18. The van der Waals surface area contributed by atoms with Gasteiger partial charge in [-0.05, 0) is 30.5 Å². The fraction of sp³-hybridized carbons (Fsp3) is 0.571. The van der Waals surface area contributed by atoms with E-state index < -0.39 is 0 Å². The monoisotopic (exact) mass is 251 g/mol. The molecule has 0 amide bonds. The second kappa shape index (κ2) is 3.98. The van der Waals surface area contributed by atoms with Crippen LogP contribution in [0.5, 0.6) is 0 Å². The van der Waals surface area contributed by atoms with Gasteiger partial charge >= 0.3 is 0 Å². The minimum absolute atomic E-state index is 0.0540. The summed E-state index contributed by atoms with van der Waals surface area (Å²) in [6.07, 6.45) is 1.06. The Balaban J connectivity index is 2.18. The van der Waals surface area contributed by atoms with E-state index in [4.69, 9.17) is 16.3 Å². The minimum Gasteiger partial charge on any atom is -0.369 e. The number of hydrogen-bond acceptors (Lipinski definition) is 2. The summed E-state index contributed by atoms with van der Waals surface area (Å²) in [5.41, 5.74) is 4.02. The molecule has 0 saturated carbocycles. The zero-order valence-corrected chi connectivity index (χ0v) is 11.1. The van der Waals surface area contributed by atoms with Crippen LogP contribution in [0.4, 0.5) is 0 Å². The Kier molecular flexibility index (Phi) is 2.69. The minimum atomic E-state index is -0.0540. The lowest BCUT2D eigenvalue weighted by atomic mass is 9.78. The number of fused-ring (bicyclic) bond motifs is 3. The summed E-state index contributed by atoms with van der Waals surface area (Å²) >= 11 is 6.31. The van der Waals surface area contributed by atoms with Gasteiger partial charge in [-0.25, -0.2) is 0 Å². The summed E-state index contributed by atoms with van der Waals surface area (Å²) in [5, 5.41) is 4.30. The number of halogens is 1. The summed E-state index contributed by atoms with van der Waals surface area (Å²) in [5.74, 6) is 0.444. The lowest BCUT2D eigenvalue weighted by Crippen LogP contribution is -2.40. The molecule has 2 aliphatic heterocycles. The van der Waals surface area contributed by atoms with Crippen LogP contribution in [-0.4, -0.2) is 18.7 Å². The summed E-state index contributed by atoms with van der Waals surface area (Å²) < 4.78 is 6.05. The topological polar surface area (TPSA) is 21.3 Å². The van der Waals surface area contributed by atoms with E-state index >= 15 is 0 Å². The molecule has 2 nitrogen and oxygen atoms in total. The van der Waals surface area contributed by atoms with E-state index in [9.17, 15) is 0 Å². The molecule has 2 aliphatic rings. The molecule has 17 heavy (non-hydrogen) atoms. The molecule has 1 fully saturated rings. The van der Waals surface area contributed by atoms with Crippen molar-refractivity contribution < 1.29 is 4.74 Å². The number of rotatable bonds is 1. The molecule has 0 aliphatic carbocycles. The molecule has 0 radical (unpaired) electrons. The van der Waals surface area contributed by atoms with Gasteiger partial charge in [-0.3, -0.25) is 0 Å². The van der Waals surface area contributed by atoms with Crippen LogP contribution in [0.2, 0.25) is 5.02 Å². The highest BCUT2D eigenvalue weighted by atomic mass is 35.5. The highest BCUT2D eigenvalue weighted by Gasteiger charge is 2.45. The summed E-state index contributed by atoms with van der Waals surface area (Å²) in [4.78, 5) is 0. The van der Waals surface area contributed by atoms with E-state index in [1.165, 1.54) is 16.7 Å². The maximum Gasteiger partial charge on any atom is 0.0863 e. The smallest absolute Gasteiger partial charge is 0.0863 e. The first-order valence-electron chi connectivity index (χ1n) is 6.30. The number of benzene rings is 1. The first-order valence-corrected chi connectivity index (χ1v) is 6.68. The lowest BCUT2D eigenvalue weighted by molar-refractivity contribution is -0.0519. The van der Waals surface area contributed by atoms with Gasteiger partial charge in [-0.2, -0.15) is 0 Å². The normalized spacial score (nSPS) is 31.1. The Morgan fingerprint density at radius 1 is 1.53 bits per heavy atom. The molecule has 1 aromatic carbocycles. The third-order valence-corrected chi connectivity index (χ3v) is 4.58. The zero-order valence-electron chi connectivity index (χ0n) is 10.3. The van der Waals surface area contributed by atoms with Crippen molar-refractivity contribution in [3.05, 3.63) is 33.8 Å². The van der Waals surface area contributed by atoms with E-state index in [-0.39, 0.29) is 5.60 Å². The van der Waals surface area contributed by atoms with E-state index in [1.54, 1.807) is 0 Å². The van der Waals surface area contributed by atoms with E-state index in [1.807, 2.05) is 6.07 Å². The Morgan fingerprint density at radius 2 is 2.35 bits per heavy atom. The highest BCUT2D eigenvalue weighted by molar-refractivity contribution is 6.31. The third-order valence-electron chi connectivity index (χ3n) is 4.23. The van der Waals surface area contributed by atoms with Gasteiger partial charge in [0.25, 0.3) is 0 Å². The third kappa shape index (κ3) is 1.62. The standard InChI is InChI=1S/C14H18ClNO/c1-3-9-4-5-12(15)10-7-17-14(2)8-16-6-11(14)13(9)10/h4-5,11,16H,3,6-8H2,1-2H3/t11-,14-/m1/s1. The van der Waals surface area contributed by atoms with Crippen LogP contribution in [0.1, 0.15) is 36.5 Å². The number of nitrogens with one attached hydrogen (secondary N) is 1. The number of aryl methyl sites for hydroxylation is 1. The molecule has 1 saturated heterocycles. The number of ether oxygens (including phenoxy) is 1. The Labute approximate surface area is 107 Å². The zero-order chi connectivity index (χ0) is 12.0. The number of hydrogen-bond donors (Lipinski definition) is 1. The first-order chi connectivity index (χ1) is 8.15. The molecule has 3 heteroatoms. The molecule has 1 aromatic rings. The summed E-state index contributed by atoms with van der Waals surface area (Å²) in [7, 11) is 0. The summed E-state index contributed by atoms with van der Waals surface area (Å²) in [6, 6.07) is 4.18. The molecule has 0 aromatic heterocycles. The Hall–Kier alpha value is -0.570. The van der Waals surface area contributed by atoms with Gasteiger partial charge < -0.3 is 10.1 Å². The molecule has 2 heterocycles. The Morgan fingerprint density at radius 3 is 3.12 bits per heavy atom.